The third-order valence-corrected chi connectivity index (χ3v) is 10.1. The number of hydrogen-bond donors (Lipinski definition) is 3. The van der Waals surface area contributed by atoms with Crippen molar-refractivity contribution >= 4 is 41.4 Å². The molecule has 14 heteroatoms. The summed E-state index contributed by atoms with van der Waals surface area (Å²) in [4.78, 5) is 99.0. The summed E-state index contributed by atoms with van der Waals surface area (Å²) in [5.41, 5.74) is -0.212. The van der Waals surface area contributed by atoms with Crippen molar-refractivity contribution in [3.8, 4) is 0 Å². The molecule has 1 saturated heterocycles. The van der Waals surface area contributed by atoms with Crippen LogP contribution in [0.25, 0.3) is 0 Å². The van der Waals surface area contributed by atoms with Gasteiger partial charge in [0.25, 0.3) is 5.91 Å². The quantitative estimate of drug-likeness (QED) is 0.172. The van der Waals surface area contributed by atoms with Crippen LogP contribution in [0.4, 0.5) is 4.79 Å². The number of nitrogens with one attached hydrogen (secondary N) is 3. The lowest BCUT2D eigenvalue weighted by Gasteiger charge is -2.41. The molecule has 326 valence electrons. The largest absolute Gasteiger partial charge is 0.444 e. The van der Waals surface area contributed by atoms with Crippen molar-refractivity contribution in [3.63, 3.8) is 0 Å². The van der Waals surface area contributed by atoms with Gasteiger partial charge in [0.05, 0.1) is 12.6 Å². The summed E-state index contributed by atoms with van der Waals surface area (Å²) in [6.07, 6.45) is 7.41. The highest BCUT2D eigenvalue weighted by Crippen LogP contribution is 2.33. The van der Waals surface area contributed by atoms with E-state index in [1.54, 1.807) is 70.1 Å². The molecule has 58 heavy (non-hydrogen) atoms. The normalized spacial score (nSPS) is 17.2. The fourth-order valence-corrected chi connectivity index (χ4v) is 7.21. The van der Waals surface area contributed by atoms with E-state index in [0.717, 1.165) is 32.1 Å². The molecular weight excluding hydrogens is 741 g/mol. The summed E-state index contributed by atoms with van der Waals surface area (Å²) in [6.45, 7) is 15.6. The molecule has 1 aromatic rings. The van der Waals surface area contributed by atoms with Crippen molar-refractivity contribution in [3.05, 3.63) is 35.9 Å². The first-order chi connectivity index (χ1) is 27.4. The Balaban J connectivity index is 0.00000374. The third kappa shape index (κ3) is 15.7. The number of likely N-dealkylation sites (tertiary alicyclic amines) is 1. The summed E-state index contributed by atoms with van der Waals surface area (Å²) in [7, 11) is 3.13. The summed E-state index contributed by atoms with van der Waals surface area (Å²) in [5, 5.41) is 7.70. The van der Waals surface area contributed by atoms with Crippen LogP contribution < -0.4 is 16.0 Å². The second-order valence-corrected chi connectivity index (χ2v) is 17.1. The Hall–Kier alpha value is -4.49. The van der Waals surface area contributed by atoms with Gasteiger partial charge in [-0.05, 0) is 76.7 Å². The molecule has 6 amide bonds. The van der Waals surface area contributed by atoms with E-state index in [9.17, 15) is 33.6 Å². The number of benzene rings is 1. The van der Waals surface area contributed by atoms with Crippen LogP contribution in [-0.2, 0) is 33.5 Å². The van der Waals surface area contributed by atoms with Gasteiger partial charge < -0.3 is 30.5 Å². The summed E-state index contributed by atoms with van der Waals surface area (Å²) < 4.78 is 5.83. The first-order valence-electron chi connectivity index (χ1n) is 21.3. The fraction of sp³-hybridized carbons (Fsp3) is 0.705. The van der Waals surface area contributed by atoms with E-state index < -0.39 is 65.9 Å². The maximum absolute atomic E-state index is 14.7. The molecule has 3 N–H and O–H groups in total. The number of Topliss-reactive ketones (excluding diaryl/α,β-unsaturated/α-hetero) is 1. The fourth-order valence-electron chi connectivity index (χ4n) is 7.21. The molecule has 1 aliphatic carbocycles. The van der Waals surface area contributed by atoms with E-state index in [-0.39, 0.29) is 30.1 Å². The van der Waals surface area contributed by atoms with Crippen molar-refractivity contribution < 1.29 is 38.3 Å². The zero-order valence-corrected chi connectivity index (χ0v) is 36.9. The molecule has 2 aliphatic rings. The number of nitrogens with zero attached hydrogens (tertiary/aromatic N) is 3. The van der Waals surface area contributed by atoms with Crippen molar-refractivity contribution in [2.24, 2.45) is 11.8 Å². The Morgan fingerprint density at radius 3 is 2.03 bits per heavy atom. The number of rotatable bonds is 17. The van der Waals surface area contributed by atoms with Crippen molar-refractivity contribution in [2.75, 3.05) is 33.7 Å². The molecule has 1 saturated carbocycles. The molecule has 0 bridgehead atoms. The molecule has 4 atom stereocenters. The Morgan fingerprint density at radius 1 is 0.862 bits per heavy atom. The van der Waals surface area contributed by atoms with E-state index in [1.165, 1.54) is 16.2 Å². The van der Waals surface area contributed by atoms with E-state index in [2.05, 4.69) is 43.6 Å². The predicted molar refractivity (Wildman–Crippen MR) is 224 cm³/mol. The van der Waals surface area contributed by atoms with Crippen molar-refractivity contribution in [2.45, 2.75) is 156 Å². The maximum Gasteiger partial charge on any atom is 0.410 e. The van der Waals surface area contributed by atoms with Crippen LogP contribution in [0.15, 0.2) is 30.3 Å². The molecule has 2 unspecified atom stereocenters. The number of carbonyl (C=O) groups excluding carboxylic acids is 7. The van der Waals surface area contributed by atoms with Gasteiger partial charge in [-0.1, -0.05) is 97.1 Å². The number of ketones is 1. The van der Waals surface area contributed by atoms with Gasteiger partial charge in [0, 0.05) is 27.2 Å². The number of carbonyl (C=O) groups is 7. The average molecular weight is 813 g/mol. The lowest BCUT2D eigenvalue weighted by atomic mass is 9.82. The number of ether oxygens (including phenoxy) is 1. The minimum Gasteiger partial charge on any atom is -0.444 e. The van der Waals surface area contributed by atoms with Gasteiger partial charge in [0.2, 0.25) is 29.4 Å². The Labute approximate surface area is 346 Å². The van der Waals surface area contributed by atoms with Gasteiger partial charge in [0.15, 0.2) is 0 Å². The van der Waals surface area contributed by atoms with E-state index in [4.69, 9.17) is 4.74 Å². The lowest BCUT2D eigenvalue weighted by Crippen LogP contribution is -2.59. The molecule has 3 rings (SSSR count). The molecule has 14 nitrogen and oxygen atoms in total. The third-order valence-electron chi connectivity index (χ3n) is 10.1. The average Bonchev–Trinajstić information content (AvgIpc) is 3.67. The first kappa shape index (κ1) is 49.7. The second kappa shape index (κ2) is 24.4. The van der Waals surface area contributed by atoms with Crippen molar-refractivity contribution in [1.82, 2.24) is 30.7 Å². The van der Waals surface area contributed by atoms with Gasteiger partial charge in [-0.3, -0.25) is 33.7 Å². The molecule has 1 heterocycles. The zero-order chi connectivity index (χ0) is 43.6. The number of likely N-dealkylation sites (N-methyl/N-ethyl adjacent to an activating group) is 1. The Bertz CT molecular complexity index is 1500. The molecule has 0 radical (unpaired) electrons. The smallest absolute Gasteiger partial charge is 0.410 e. The standard InChI is InChI=1S/C41H64N6O8.C3H8/c1-9-17-30(35(49)37(51)42-26-32(48)44-33(38(52)45(7)8)28-18-12-10-13-19-28)43-36(50)31-22-16-24-46(31)39(53)34(29-20-14-11-15-21-29)47(25-23-27(2)3)40(54)55-41(4,5)6;1-3-2/h10,12-13,18-19,27,29-31,33-34H,9,11,14-17,20-26H2,1-8H3,(H,42,51)(H,43,50)(H,44,48);3H2,1-2H3/t30?,31?,33-,34-;/m0./s1. The molecule has 1 aliphatic heterocycles. The highest BCUT2D eigenvalue weighted by molar-refractivity contribution is 6.38. The predicted octanol–water partition coefficient (Wildman–Crippen LogP) is 5.54. The zero-order valence-electron chi connectivity index (χ0n) is 36.9. The van der Waals surface area contributed by atoms with Crippen LogP contribution in [0.5, 0.6) is 0 Å². The highest BCUT2D eigenvalue weighted by Gasteiger charge is 2.45. The lowest BCUT2D eigenvalue weighted by molar-refractivity contribution is -0.146. The van der Waals surface area contributed by atoms with Crippen LogP contribution in [0.3, 0.4) is 0 Å². The van der Waals surface area contributed by atoms with Crippen LogP contribution >= 0.6 is 0 Å². The van der Waals surface area contributed by atoms with Gasteiger partial charge in [-0.15, -0.1) is 0 Å². The van der Waals surface area contributed by atoms with E-state index in [1.807, 2.05) is 6.92 Å². The van der Waals surface area contributed by atoms with Gasteiger partial charge in [-0.25, -0.2) is 4.79 Å². The van der Waals surface area contributed by atoms with Crippen molar-refractivity contribution in [1.29, 1.82) is 0 Å². The van der Waals surface area contributed by atoms with Gasteiger partial charge >= 0.3 is 6.09 Å². The molecule has 1 aromatic carbocycles. The summed E-state index contributed by atoms with van der Waals surface area (Å²) >= 11 is 0. The summed E-state index contributed by atoms with van der Waals surface area (Å²) in [5.74, 6) is -3.70. The Morgan fingerprint density at radius 2 is 1.48 bits per heavy atom. The summed E-state index contributed by atoms with van der Waals surface area (Å²) in [6, 6.07) is 4.78. The second-order valence-electron chi connectivity index (χ2n) is 17.1. The molecule has 0 aromatic heterocycles. The monoisotopic (exact) mass is 813 g/mol. The van der Waals surface area contributed by atoms with E-state index in [0.29, 0.717) is 44.3 Å². The maximum atomic E-state index is 14.7. The SMILES string of the molecule is CCC.CCCC(NC(=O)C1CCCN1C(=O)[C@H](C1CCCCC1)N(CCC(C)C)C(=O)OC(C)(C)C)C(=O)C(=O)NCC(=O)N[C@H](C(=O)N(C)C)c1ccccc1. The number of hydrogen-bond acceptors (Lipinski definition) is 8. The van der Waals surface area contributed by atoms with Crippen LogP contribution in [0.2, 0.25) is 0 Å². The number of amides is 6. The molecule has 0 spiro atoms. The Kier molecular flexibility index (Phi) is 20.9. The highest BCUT2D eigenvalue weighted by atomic mass is 16.6. The molecular formula is C44H72N6O8. The first-order valence-corrected chi connectivity index (χ1v) is 21.3. The van der Waals surface area contributed by atoms with E-state index >= 15 is 0 Å². The van der Waals surface area contributed by atoms with Crippen LogP contribution in [-0.4, -0.2) is 114 Å². The minimum atomic E-state index is -1.19. The van der Waals surface area contributed by atoms with Gasteiger partial charge in [0.1, 0.15) is 23.7 Å². The minimum absolute atomic E-state index is 0.0930. The van der Waals surface area contributed by atoms with Crippen LogP contribution in [0, 0.1) is 11.8 Å². The van der Waals surface area contributed by atoms with Crippen LogP contribution in [0.1, 0.15) is 138 Å². The topological polar surface area (TPSA) is 175 Å². The molecule has 2 fully saturated rings. The van der Waals surface area contributed by atoms with Gasteiger partial charge in [-0.2, -0.15) is 0 Å².